The Hall–Kier alpha value is 0.270. The van der Waals surface area contributed by atoms with E-state index in [1.807, 2.05) is 18.7 Å². The van der Waals surface area contributed by atoms with Crippen molar-refractivity contribution in [3.8, 4) is 0 Å². The molecule has 0 aromatic heterocycles. The quantitative estimate of drug-likeness (QED) is 0.616. The zero-order chi connectivity index (χ0) is 9.40. The first kappa shape index (κ1) is 12.3. The summed E-state index contributed by atoms with van der Waals surface area (Å²) in [5.41, 5.74) is 0. The molecule has 1 atom stereocenters. The summed E-state index contributed by atoms with van der Waals surface area (Å²) >= 11 is 1.83. The molecule has 0 heterocycles. The van der Waals surface area contributed by atoms with E-state index in [0.717, 1.165) is 31.1 Å². The molecular weight excluding hydrogens is 170 g/mol. The number of aliphatic hydroxyl groups is 1. The van der Waals surface area contributed by atoms with E-state index in [-0.39, 0.29) is 6.10 Å². The molecule has 12 heavy (non-hydrogen) atoms. The van der Waals surface area contributed by atoms with Gasteiger partial charge in [0.25, 0.3) is 0 Å². The Balaban J connectivity index is 3.17. The first-order chi connectivity index (χ1) is 5.70. The van der Waals surface area contributed by atoms with Crippen LogP contribution in [0.1, 0.15) is 20.8 Å². The maximum atomic E-state index is 9.00. The minimum atomic E-state index is -0.160. The highest BCUT2D eigenvalue weighted by molar-refractivity contribution is 7.99. The molecule has 0 spiro atoms. The van der Waals surface area contributed by atoms with Crippen LogP contribution < -0.4 is 0 Å². The van der Waals surface area contributed by atoms with Crippen molar-refractivity contribution in [1.29, 1.82) is 0 Å². The van der Waals surface area contributed by atoms with Crippen molar-refractivity contribution in [1.82, 2.24) is 4.90 Å². The fourth-order valence-corrected chi connectivity index (χ4v) is 1.88. The van der Waals surface area contributed by atoms with Gasteiger partial charge in [-0.1, -0.05) is 13.8 Å². The van der Waals surface area contributed by atoms with Gasteiger partial charge in [-0.05, 0) is 20.0 Å². The van der Waals surface area contributed by atoms with Crippen LogP contribution in [0.5, 0.6) is 0 Å². The van der Waals surface area contributed by atoms with E-state index >= 15 is 0 Å². The average molecular weight is 191 g/mol. The third-order valence-electron chi connectivity index (χ3n) is 1.81. The fourth-order valence-electron chi connectivity index (χ4n) is 0.987. The molecule has 0 bridgehead atoms. The lowest BCUT2D eigenvalue weighted by molar-refractivity contribution is 0.220. The van der Waals surface area contributed by atoms with Gasteiger partial charge in [0.05, 0.1) is 6.10 Å². The molecule has 0 aliphatic heterocycles. The SMILES string of the molecule is CCN(CC)CCSC[C@H](C)O. The Morgan fingerprint density at radius 3 is 2.33 bits per heavy atom. The van der Waals surface area contributed by atoms with E-state index in [2.05, 4.69) is 18.7 Å². The molecule has 0 aromatic carbocycles. The number of thioether (sulfide) groups is 1. The molecule has 0 unspecified atom stereocenters. The second-order valence-electron chi connectivity index (χ2n) is 2.95. The number of hydrogen-bond donors (Lipinski definition) is 1. The van der Waals surface area contributed by atoms with Gasteiger partial charge < -0.3 is 10.0 Å². The van der Waals surface area contributed by atoms with Crippen LogP contribution in [0.15, 0.2) is 0 Å². The zero-order valence-electron chi connectivity index (χ0n) is 8.42. The van der Waals surface area contributed by atoms with Gasteiger partial charge in [0.2, 0.25) is 0 Å². The van der Waals surface area contributed by atoms with Gasteiger partial charge in [0.1, 0.15) is 0 Å². The van der Waals surface area contributed by atoms with E-state index in [0.29, 0.717) is 0 Å². The maximum Gasteiger partial charge on any atom is 0.0602 e. The van der Waals surface area contributed by atoms with Gasteiger partial charge in [-0.25, -0.2) is 0 Å². The Bertz CT molecular complexity index is 94.5. The van der Waals surface area contributed by atoms with Crippen LogP contribution in [0.4, 0.5) is 0 Å². The molecule has 0 rings (SSSR count). The molecule has 0 fully saturated rings. The first-order valence-electron chi connectivity index (χ1n) is 4.68. The van der Waals surface area contributed by atoms with Crippen molar-refractivity contribution < 1.29 is 5.11 Å². The van der Waals surface area contributed by atoms with Gasteiger partial charge in [-0.2, -0.15) is 11.8 Å². The normalized spacial score (nSPS) is 13.8. The van der Waals surface area contributed by atoms with E-state index in [9.17, 15) is 0 Å². The van der Waals surface area contributed by atoms with Gasteiger partial charge in [0, 0.05) is 18.1 Å². The number of rotatable bonds is 7. The third-order valence-corrected chi connectivity index (χ3v) is 2.99. The van der Waals surface area contributed by atoms with Crippen LogP contribution in [-0.4, -0.2) is 47.3 Å². The minimum Gasteiger partial charge on any atom is -0.393 e. The highest BCUT2D eigenvalue weighted by Gasteiger charge is 1.99. The largest absolute Gasteiger partial charge is 0.393 e. The van der Waals surface area contributed by atoms with Crippen LogP contribution in [0.3, 0.4) is 0 Å². The Morgan fingerprint density at radius 2 is 1.92 bits per heavy atom. The number of hydrogen-bond acceptors (Lipinski definition) is 3. The van der Waals surface area contributed by atoms with E-state index in [4.69, 9.17) is 5.11 Å². The molecule has 0 aliphatic rings. The second-order valence-corrected chi connectivity index (χ2v) is 4.10. The lowest BCUT2D eigenvalue weighted by atomic mass is 10.5. The Morgan fingerprint density at radius 1 is 1.33 bits per heavy atom. The molecule has 0 radical (unpaired) electrons. The molecule has 0 saturated carbocycles. The molecule has 0 aliphatic carbocycles. The van der Waals surface area contributed by atoms with Crippen LogP contribution in [0.2, 0.25) is 0 Å². The molecule has 0 amide bonds. The van der Waals surface area contributed by atoms with E-state index < -0.39 is 0 Å². The van der Waals surface area contributed by atoms with Crippen LogP contribution in [-0.2, 0) is 0 Å². The Kier molecular flexibility index (Phi) is 8.07. The highest BCUT2D eigenvalue weighted by Crippen LogP contribution is 2.03. The molecule has 74 valence electrons. The molecule has 0 aromatic rings. The lowest BCUT2D eigenvalue weighted by Crippen LogP contribution is -2.25. The molecule has 2 nitrogen and oxygen atoms in total. The summed E-state index contributed by atoms with van der Waals surface area (Å²) in [6, 6.07) is 0. The van der Waals surface area contributed by atoms with Crippen molar-refractivity contribution in [3.05, 3.63) is 0 Å². The van der Waals surface area contributed by atoms with Crippen molar-refractivity contribution in [2.24, 2.45) is 0 Å². The summed E-state index contributed by atoms with van der Waals surface area (Å²) in [5, 5.41) is 9.00. The fraction of sp³-hybridized carbons (Fsp3) is 1.00. The predicted octanol–water partition coefficient (Wildman–Crippen LogP) is 1.44. The van der Waals surface area contributed by atoms with Gasteiger partial charge in [-0.15, -0.1) is 0 Å². The monoisotopic (exact) mass is 191 g/mol. The van der Waals surface area contributed by atoms with Crippen molar-refractivity contribution in [3.63, 3.8) is 0 Å². The predicted molar refractivity (Wildman–Crippen MR) is 56.8 cm³/mol. The molecule has 0 saturated heterocycles. The number of aliphatic hydroxyl groups excluding tert-OH is 1. The van der Waals surface area contributed by atoms with Gasteiger partial charge >= 0.3 is 0 Å². The van der Waals surface area contributed by atoms with Crippen molar-refractivity contribution >= 4 is 11.8 Å². The third kappa shape index (κ3) is 6.95. The minimum absolute atomic E-state index is 0.160. The summed E-state index contributed by atoms with van der Waals surface area (Å²) < 4.78 is 0. The summed E-state index contributed by atoms with van der Waals surface area (Å²) in [6.45, 7) is 9.61. The molecule has 3 heteroatoms. The van der Waals surface area contributed by atoms with E-state index in [1.165, 1.54) is 0 Å². The Labute approximate surface area is 80.3 Å². The lowest BCUT2D eigenvalue weighted by Gasteiger charge is -2.17. The van der Waals surface area contributed by atoms with Crippen LogP contribution >= 0.6 is 11.8 Å². The van der Waals surface area contributed by atoms with Crippen LogP contribution in [0, 0.1) is 0 Å². The average Bonchev–Trinajstić information content (AvgIpc) is 2.04. The topological polar surface area (TPSA) is 23.5 Å². The summed E-state index contributed by atoms with van der Waals surface area (Å²) in [5.74, 6) is 1.99. The van der Waals surface area contributed by atoms with Gasteiger partial charge in [-0.3, -0.25) is 0 Å². The van der Waals surface area contributed by atoms with Crippen molar-refractivity contribution in [2.75, 3.05) is 31.1 Å². The van der Waals surface area contributed by atoms with Gasteiger partial charge in [0.15, 0.2) is 0 Å². The van der Waals surface area contributed by atoms with Crippen LogP contribution in [0.25, 0.3) is 0 Å². The highest BCUT2D eigenvalue weighted by atomic mass is 32.2. The zero-order valence-corrected chi connectivity index (χ0v) is 9.23. The summed E-state index contributed by atoms with van der Waals surface area (Å²) in [6.07, 6.45) is -0.160. The molecule has 1 N–H and O–H groups in total. The van der Waals surface area contributed by atoms with Crippen molar-refractivity contribution in [2.45, 2.75) is 26.9 Å². The maximum absolute atomic E-state index is 9.00. The summed E-state index contributed by atoms with van der Waals surface area (Å²) in [7, 11) is 0. The van der Waals surface area contributed by atoms with E-state index in [1.54, 1.807) is 0 Å². The summed E-state index contributed by atoms with van der Waals surface area (Å²) in [4.78, 5) is 2.40. The molecular formula is C9H21NOS. The smallest absolute Gasteiger partial charge is 0.0602 e. The second kappa shape index (κ2) is 7.90. The first-order valence-corrected chi connectivity index (χ1v) is 5.84. The number of nitrogens with zero attached hydrogens (tertiary/aromatic N) is 1. The standard InChI is InChI=1S/C9H21NOS/c1-4-10(5-2)6-7-12-8-9(3)11/h9,11H,4-8H2,1-3H3/t9-/m0/s1.